The zero-order valence-corrected chi connectivity index (χ0v) is 18.3. The first-order valence-corrected chi connectivity index (χ1v) is 11.2. The third-order valence-electron chi connectivity index (χ3n) is 7.82. The SMILES string of the molecule is C[C@@H]1[C@H]2CCc3c(nc(-c4ccccc4)n3-c3nnn(C)n3)[C@]2(C)CCC12OCCO2. The maximum Gasteiger partial charge on any atom is 0.276 e. The zero-order chi connectivity index (χ0) is 21.2. The van der Waals surface area contributed by atoms with Gasteiger partial charge in [0.05, 0.1) is 26.0 Å². The number of fused-ring (bicyclic) bond motifs is 3. The topological polar surface area (TPSA) is 79.9 Å². The minimum atomic E-state index is -0.418. The fourth-order valence-corrected chi connectivity index (χ4v) is 6.24. The molecule has 1 aromatic carbocycles. The Morgan fingerprint density at radius 2 is 1.87 bits per heavy atom. The summed E-state index contributed by atoms with van der Waals surface area (Å²) in [7, 11) is 1.79. The molecule has 3 atom stereocenters. The van der Waals surface area contributed by atoms with Gasteiger partial charge in [-0.3, -0.25) is 4.57 Å². The predicted molar refractivity (Wildman–Crippen MR) is 114 cm³/mol. The van der Waals surface area contributed by atoms with Gasteiger partial charge in [0, 0.05) is 29.0 Å². The van der Waals surface area contributed by atoms with Crippen molar-refractivity contribution in [2.75, 3.05) is 13.2 Å². The number of hydrogen-bond donors (Lipinski definition) is 0. The Morgan fingerprint density at radius 1 is 1.10 bits per heavy atom. The van der Waals surface area contributed by atoms with Crippen LogP contribution in [0.5, 0.6) is 0 Å². The van der Waals surface area contributed by atoms with Crippen molar-refractivity contribution in [3.05, 3.63) is 41.7 Å². The van der Waals surface area contributed by atoms with Gasteiger partial charge in [0.15, 0.2) is 5.79 Å². The lowest BCUT2D eigenvalue weighted by Crippen LogP contribution is -2.55. The Kier molecular flexibility index (Phi) is 4.14. The molecule has 1 spiro atoms. The number of imidazole rings is 1. The average Bonchev–Trinajstić information content (AvgIpc) is 3.51. The van der Waals surface area contributed by atoms with E-state index in [1.54, 1.807) is 7.05 Å². The number of benzene rings is 1. The maximum absolute atomic E-state index is 6.17. The van der Waals surface area contributed by atoms with Crippen molar-refractivity contribution in [3.63, 3.8) is 0 Å². The van der Waals surface area contributed by atoms with Crippen molar-refractivity contribution in [1.29, 1.82) is 0 Å². The molecule has 0 bridgehead atoms. The van der Waals surface area contributed by atoms with Crippen molar-refractivity contribution in [2.24, 2.45) is 18.9 Å². The smallest absolute Gasteiger partial charge is 0.276 e. The molecule has 6 rings (SSSR count). The van der Waals surface area contributed by atoms with E-state index in [4.69, 9.17) is 14.5 Å². The zero-order valence-electron chi connectivity index (χ0n) is 18.3. The Labute approximate surface area is 181 Å². The van der Waals surface area contributed by atoms with Crippen molar-refractivity contribution in [2.45, 2.75) is 50.7 Å². The number of nitrogens with zero attached hydrogens (tertiary/aromatic N) is 6. The van der Waals surface area contributed by atoms with Gasteiger partial charge in [0.25, 0.3) is 5.95 Å². The second-order valence-corrected chi connectivity index (χ2v) is 9.37. The molecule has 0 unspecified atom stereocenters. The minimum absolute atomic E-state index is 0.0372. The molecular weight excluding hydrogens is 392 g/mol. The third kappa shape index (κ3) is 2.67. The van der Waals surface area contributed by atoms with Crippen molar-refractivity contribution >= 4 is 0 Å². The van der Waals surface area contributed by atoms with Crippen LogP contribution >= 0.6 is 0 Å². The van der Waals surface area contributed by atoms with Gasteiger partial charge < -0.3 is 9.47 Å². The van der Waals surface area contributed by atoms with Crippen LogP contribution in [0.1, 0.15) is 44.5 Å². The quantitative estimate of drug-likeness (QED) is 0.634. The first-order chi connectivity index (χ1) is 15.0. The molecule has 3 heterocycles. The van der Waals surface area contributed by atoms with Gasteiger partial charge in [-0.2, -0.15) is 4.80 Å². The maximum atomic E-state index is 6.17. The van der Waals surface area contributed by atoms with Crippen LogP contribution in [-0.4, -0.2) is 48.8 Å². The van der Waals surface area contributed by atoms with Crippen molar-refractivity contribution in [3.8, 4) is 17.3 Å². The van der Waals surface area contributed by atoms with Gasteiger partial charge in [0.1, 0.15) is 5.82 Å². The second kappa shape index (κ2) is 6.71. The summed E-state index contributed by atoms with van der Waals surface area (Å²) in [5.41, 5.74) is 3.41. The Morgan fingerprint density at radius 3 is 2.58 bits per heavy atom. The van der Waals surface area contributed by atoms with E-state index in [-0.39, 0.29) is 5.41 Å². The van der Waals surface area contributed by atoms with E-state index >= 15 is 0 Å². The van der Waals surface area contributed by atoms with Crippen LogP contribution in [0.15, 0.2) is 30.3 Å². The molecular formula is C23H28N6O2. The van der Waals surface area contributed by atoms with Gasteiger partial charge in [-0.1, -0.05) is 49.3 Å². The number of hydrogen-bond acceptors (Lipinski definition) is 6. The van der Waals surface area contributed by atoms with E-state index in [0.717, 1.165) is 37.1 Å². The number of aryl methyl sites for hydroxylation is 1. The third-order valence-corrected chi connectivity index (χ3v) is 7.82. The summed E-state index contributed by atoms with van der Waals surface area (Å²) in [6.07, 6.45) is 3.89. The molecule has 1 saturated heterocycles. The molecule has 3 aromatic rings. The monoisotopic (exact) mass is 420 g/mol. The molecule has 2 aliphatic carbocycles. The van der Waals surface area contributed by atoms with Crippen LogP contribution in [0.25, 0.3) is 17.3 Å². The first-order valence-electron chi connectivity index (χ1n) is 11.2. The van der Waals surface area contributed by atoms with Gasteiger partial charge in [0.2, 0.25) is 0 Å². The molecule has 2 fully saturated rings. The van der Waals surface area contributed by atoms with Gasteiger partial charge in [-0.25, -0.2) is 4.98 Å². The first kappa shape index (κ1) is 19.1. The van der Waals surface area contributed by atoms with Crippen LogP contribution in [0.4, 0.5) is 0 Å². The highest BCUT2D eigenvalue weighted by Gasteiger charge is 2.58. The fraction of sp³-hybridized carbons (Fsp3) is 0.565. The number of ether oxygens (including phenoxy) is 2. The molecule has 0 amide bonds. The predicted octanol–water partition coefficient (Wildman–Crippen LogP) is 3.06. The van der Waals surface area contributed by atoms with E-state index < -0.39 is 5.79 Å². The number of aromatic nitrogens is 6. The highest BCUT2D eigenvalue weighted by molar-refractivity contribution is 5.60. The van der Waals surface area contributed by atoms with Crippen LogP contribution in [-0.2, 0) is 28.4 Å². The summed E-state index contributed by atoms with van der Waals surface area (Å²) >= 11 is 0. The fourth-order valence-electron chi connectivity index (χ4n) is 6.24. The van der Waals surface area contributed by atoms with Crippen LogP contribution in [0.3, 0.4) is 0 Å². The van der Waals surface area contributed by atoms with E-state index in [0.29, 0.717) is 31.0 Å². The Bertz CT molecular complexity index is 1120. The molecule has 8 nitrogen and oxygen atoms in total. The van der Waals surface area contributed by atoms with Crippen molar-refractivity contribution < 1.29 is 9.47 Å². The number of tetrazole rings is 1. The standard InChI is InChI=1S/C23H28N6O2/c1-15-17-9-10-18-19(22(17,2)11-12-23(15)30-13-14-31-23)24-20(16-7-5-4-6-8-16)29(18)21-25-27-28(3)26-21/h4-8,15,17H,9-14H2,1-3H3/t15-,17-,22-/m1/s1. The summed E-state index contributed by atoms with van der Waals surface area (Å²) in [5, 5.41) is 13.0. The molecule has 162 valence electrons. The second-order valence-electron chi connectivity index (χ2n) is 9.37. The van der Waals surface area contributed by atoms with E-state index in [2.05, 4.69) is 46.0 Å². The summed E-state index contributed by atoms with van der Waals surface area (Å²) < 4.78 is 14.5. The van der Waals surface area contributed by atoms with Crippen molar-refractivity contribution in [1.82, 2.24) is 29.8 Å². The lowest BCUT2D eigenvalue weighted by atomic mass is 9.55. The molecule has 1 aliphatic heterocycles. The normalized spacial score (nSPS) is 29.1. The molecule has 8 heteroatoms. The molecule has 2 aromatic heterocycles. The molecule has 31 heavy (non-hydrogen) atoms. The summed E-state index contributed by atoms with van der Waals surface area (Å²) in [6, 6.07) is 10.3. The average molecular weight is 421 g/mol. The van der Waals surface area contributed by atoms with Crippen LogP contribution < -0.4 is 0 Å². The van der Waals surface area contributed by atoms with Gasteiger partial charge in [-0.15, -0.1) is 5.10 Å². The van der Waals surface area contributed by atoms with Gasteiger partial charge >= 0.3 is 0 Å². The minimum Gasteiger partial charge on any atom is -0.347 e. The van der Waals surface area contributed by atoms with E-state index in [9.17, 15) is 0 Å². The van der Waals surface area contributed by atoms with Crippen LogP contribution in [0.2, 0.25) is 0 Å². The van der Waals surface area contributed by atoms with E-state index in [1.807, 2.05) is 18.2 Å². The lowest BCUT2D eigenvalue weighted by Gasteiger charge is -2.53. The highest BCUT2D eigenvalue weighted by atomic mass is 16.7. The van der Waals surface area contributed by atoms with Gasteiger partial charge in [-0.05, 0) is 30.4 Å². The highest BCUT2D eigenvalue weighted by Crippen LogP contribution is 2.57. The summed E-state index contributed by atoms with van der Waals surface area (Å²) in [4.78, 5) is 6.78. The Hall–Kier alpha value is -2.58. The number of rotatable bonds is 2. The molecule has 0 radical (unpaired) electrons. The molecule has 3 aliphatic rings. The summed E-state index contributed by atoms with van der Waals surface area (Å²) in [5.74, 6) is 1.83. The van der Waals surface area contributed by atoms with E-state index in [1.165, 1.54) is 16.2 Å². The summed E-state index contributed by atoms with van der Waals surface area (Å²) in [6.45, 7) is 6.08. The molecule has 0 N–H and O–H groups in total. The molecule has 1 saturated carbocycles. The van der Waals surface area contributed by atoms with Crippen LogP contribution in [0, 0.1) is 11.8 Å². The lowest BCUT2D eigenvalue weighted by molar-refractivity contribution is -0.234. The largest absolute Gasteiger partial charge is 0.347 e. The Balaban J connectivity index is 1.51.